The maximum Gasteiger partial charge on any atom is 0.243 e. The zero-order valence-corrected chi connectivity index (χ0v) is 12.8. The van der Waals surface area contributed by atoms with Crippen molar-refractivity contribution in [2.75, 3.05) is 5.32 Å². The Morgan fingerprint density at radius 2 is 1.95 bits per heavy atom. The third-order valence-electron chi connectivity index (χ3n) is 2.87. The lowest BCUT2D eigenvalue weighted by atomic mass is 10.2. The molecule has 0 aliphatic carbocycles. The van der Waals surface area contributed by atoms with E-state index in [1.807, 2.05) is 0 Å². The van der Waals surface area contributed by atoms with E-state index in [0.717, 1.165) is 5.56 Å². The molecule has 8 heteroatoms. The highest BCUT2D eigenvalue weighted by Crippen LogP contribution is 2.27. The van der Waals surface area contributed by atoms with Gasteiger partial charge in [-0.15, -0.1) is 5.10 Å². The van der Waals surface area contributed by atoms with Crippen LogP contribution in [0.5, 0.6) is 0 Å². The van der Waals surface area contributed by atoms with E-state index in [-0.39, 0.29) is 26.9 Å². The number of benzene rings is 1. The summed E-state index contributed by atoms with van der Waals surface area (Å²) in [5, 5.41) is 6.87. The fourth-order valence-electron chi connectivity index (χ4n) is 1.90. The van der Waals surface area contributed by atoms with Crippen molar-refractivity contribution < 1.29 is 8.78 Å². The van der Waals surface area contributed by atoms with Crippen LogP contribution in [0.1, 0.15) is 5.56 Å². The quantitative estimate of drug-likeness (QED) is 0.753. The molecule has 1 N–H and O–H groups in total. The van der Waals surface area contributed by atoms with Gasteiger partial charge in [0.2, 0.25) is 5.28 Å². The lowest BCUT2D eigenvalue weighted by molar-refractivity contribution is 0.627. The van der Waals surface area contributed by atoms with E-state index in [4.69, 9.17) is 11.6 Å². The first-order chi connectivity index (χ1) is 10.0. The zero-order chi connectivity index (χ0) is 15.0. The second-order valence-corrected chi connectivity index (χ2v) is 5.49. The first-order valence-corrected chi connectivity index (χ1v) is 7.10. The van der Waals surface area contributed by atoms with Crippen LogP contribution in [0.4, 0.5) is 14.6 Å². The number of hydrogen-bond donors (Lipinski definition) is 1. The minimum atomic E-state index is -0.478. The molecule has 0 amide bonds. The Morgan fingerprint density at radius 1 is 1.24 bits per heavy atom. The number of anilines is 1. The van der Waals surface area contributed by atoms with Crippen molar-refractivity contribution in [2.45, 2.75) is 6.54 Å². The highest BCUT2D eigenvalue weighted by Gasteiger charge is 2.15. The molecule has 0 saturated carbocycles. The van der Waals surface area contributed by atoms with Gasteiger partial charge in [-0.25, -0.2) is 13.3 Å². The third kappa shape index (κ3) is 2.84. The average Bonchev–Trinajstić information content (AvgIpc) is 2.73. The average molecular weight is 374 g/mol. The monoisotopic (exact) mass is 372 g/mol. The normalized spacial score (nSPS) is 11.0. The number of halogens is 4. The molecular formula is C13H8BrClF2N4. The zero-order valence-electron chi connectivity index (χ0n) is 10.4. The van der Waals surface area contributed by atoms with Crippen molar-refractivity contribution in [2.24, 2.45) is 0 Å². The van der Waals surface area contributed by atoms with E-state index in [1.54, 1.807) is 12.1 Å². The van der Waals surface area contributed by atoms with Crippen molar-refractivity contribution in [3.63, 3.8) is 0 Å². The summed E-state index contributed by atoms with van der Waals surface area (Å²) in [4.78, 5) is 4.00. The van der Waals surface area contributed by atoms with Gasteiger partial charge in [-0.05, 0) is 45.2 Å². The summed E-state index contributed by atoms with van der Waals surface area (Å²) in [7, 11) is 0. The fraction of sp³-hybridized carbons (Fsp3) is 0.0769. The van der Waals surface area contributed by atoms with Gasteiger partial charge in [-0.2, -0.15) is 4.98 Å². The van der Waals surface area contributed by atoms with Gasteiger partial charge in [0, 0.05) is 12.7 Å². The van der Waals surface area contributed by atoms with Crippen molar-refractivity contribution in [1.82, 2.24) is 14.6 Å². The van der Waals surface area contributed by atoms with E-state index in [2.05, 4.69) is 31.3 Å². The second kappa shape index (κ2) is 5.57. The molecule has 0 saturated heterocycles. The van der Waals surface area contributed by atoms with Crippen LogP contribution in [0.15, 0.2) is 34.9 Å². The summed E-state index contributed by atoms with van der Waals surface area (Å²) in [6.45, 7) is 0.353. The molecule has 3 rings (SSSR count). The molecule has 1 aromatic carbocycles. The van der Waals surface area contributed by atoms with E-state index >= 15 is 0 Å². The molecule has 0 aliphatic heterocycles. The van der Waals surface area contributed by atoms with Gasteiger partial charge in [-0.3, -0.25) is 0 Å². The minimum absolute atomic E-state index is 0.00777. The molecule has 0 aliphatic rings. The van der Waals surface area contributed by atoms with Crippen LogP contribution in [-0.4, -0.2) is 14.6 Å². The van der Waals surface area contributed by atoms with Gasteiger partial charge < -0.3 is 5.32 Å². The molecule has 108 valence electrons. The smallest absolute Gasteiger partial charge is 0.243 e. The molecule has 0 radical (unpaired) electrons. The Morgan fingerprint density at radius 3 is 2.67 bits per heavy atom. The van der Waals surface area contributed by atoms with Crippen LogP contribution in [0.3, 0.4) is 0 Å². The van der Waals surface area contributed by atoms with Crippen LogP contribution in [-0.2, 0) is 6.54 Å². The van der Waals surface area contributed by atoms with E-state index in [0.29, 0.717) is 6.54 Å². The molecule has 4 nitrogen and oxygen atoms in total. The summed E-state index contributed by atoms with van der Waals surface area (Å²) in [5.41, 5.74) is 1.02. The molecule has 2 aromatic heterocycles. The number of fused-ring (bicyclic) bond motifs is 1. The number of aromatic nitrogens is 3. The van der Waals surface area contributed by atoms with Crippen LogP contribution in [0.2, 0.25) is 5.28 Å². The summed E-state index contributed by atoms with van der Waals surface area (Å²) in [6.07, 6.45) is 1.46. The third-order valence-corrected chi connectivity index (χ3v) is 3.59. The van der Waals surface area contributed by atoms with Crippen molar-refractivity contribution in [1.29, 1.82) is 0 Å². The van der Waals surface area contributed by atoms with Crippen molar-refractivity contribution in [3.05, 3.63) is 57.4 Å². The van der Waals surface area contributed by atoms with Crippen LogP contribution in [0, 0.1) is 11.6 Å². The molecule has 3 aromatic rings. The first kappa shape index (κ1) is 14.2. The number of hydrogen-bond acceptors (Lipinski definition) is 3. The SMILES string of the molecule is Fc1ccc(CNc2nc(Cl)nn3cc(Br)c(F)c23)cc1. The molecule has 0 atom stereocenters. The molecular weight excluding hydrogens is 366 g/mol. The van der Waals surface area contributed by atoms with Gasteiger partial charge in [0.1, 0.15) is 11.3 Å². The molecule has 0 fully saturated rings. The van der Waals surface area contributed by atoms with Crippen LogP contribution < -0.4 is 5.32 Å². The Hall–Kier alpha value is -1.73. The van der Waals surface area contributed by atoms with Crippen molar-refractivity contribution in [3.8, 4) is 0 Å². The first-order valence-electron chi connectivity index (χ1n) is 5.93. The summed E-state index contributed by atoms with van der Waals surface area (Å²) < 4.78 is 28.5. The molecule has 0 spiro atoms. The van der Waals surface area contributed by atoms with Gasteiger partial charge in [0.15, 0.2) is 11.6 Å². The lowest BCUT2D eigenvalue weighted by Gasteiger charge is -2.08. The highest BCUT2D eigenvalue weighted by molar-refractivity contribution is 9.10. The Labute approximate surface area is 131 Å². The Balaban J connectivity index is 1.94. The predicted octanol–water partition coefficient (Wildman–Crippen LogP) is 4.04. The van der Waals surface area contributed by atoms with E-state index in [9.17, 15) is 8.78 Å². The number of nitrogens with zero attached hydrogens (tertiary/aromatic N) is 3. The maximum absolute atomic E-state index is 14.0. The maximum atomic E-state index is 14.0. The van der Waals surface area contributed by atoms with Gasteiger partial charge in [0.05, 0.1) is 4.47 Å². The van der Waals surface area contributed by atoms with Gasteiger partial charge in [-0.1, -0.05) is 12.1 Å². The fourth-order valence-corrected chi connectivity index (χ4v) is 2.45. The molecule has 0 bridgehead atoms. The second-order valence-electron chi connectivity index (χ2n) is 4.29. The predicted molar refractivity (Wildman–Crippen MR) is 79.4 cm³/mol. The summed E-state index contributed by atoms with van der Waals surface area (Å²) >= 11 is 8.91. The Bertz CT molecular complexity index is 804. The standard InChI is InChI=1S/C13H8BrClF2N4/c14-9-6-21-11(10(9)17)12(19-13(15)20-21)18-5-7-1-3-8(16)4-2-7/h1-4,6H,5H2,(H,18,19,20). The highest BCUT2D eigenvalue weighted by atomic mass is 79.9. The number of rotatable bonds is 3. The molecule has 2 heterocycles. The topological polar surface area (TPSA) is 42.2 Å². The lowest BCUT2D eigenvalue weighted by Crippen LogP contribution is -2.06. The van der Waals surface area contributed by atoms with E-state index < -0.39 is 5.82 Å². The summed E-state index contributed by atoms with van der Waals surface area (Å²) in [6, 6.07) is 5.97. The van der Waals surface area contributed by atoms with Gasteiger partial charge >= 0.3 is 0 Å². The molecule has 21 heavy (non-hydrogen) atoms. The van der Waals surface area contributed by atoms with Crippen LogP contribution in [0.25, 0.3) is 5.52 Å². The minimum Gasteiger partial charge on any atom is -0.364 e. The largest absolute Gasteiger partial charge is 0.364 e. The van der Waals surface area contributed by atoms with E-state index in [1.165, 1.54) is 22.8 Å². The summed E-state index contributed by atoms with van der Waals surface area (Å²) in [5.74, 6) is -0.524. The molecule has 0 unspecified atom stereocenters. The number of nitrogens with one attached hydrogen (secondary N) is 1. The van der Waals surface area contributed by atoms with Crippen LogP contribution >= 0.6 is 27.5 Å². The Kier molecular flexibility index (Phi) is 3.77. The van der Waals surface area contributed by atoms with Gasteiger partial charge in [0.25, 0.3) is 0 Å². The van der Waals surface area contributed by atoms with Crippen molar-refractivity contribution >= 4 is 38.9 Å².